The summed E-state index contributed by atoms with van der Waals surface area (Å²) in [6, 6.07) is 2.29. The van der Waals surface area contributed by atoms with E-state index in [2.05, 4.69) is 4.98 Å². The highest BCUT2D eigenvalue weighted by Crippen LogP contribution is 2.22. The number of aromatic nitrogens is 1. The minimum atomic E-state index is -2.81. The second-order valence-electron chi connectivity index (χ2n) is 1.93. The van der Waals surface area contributed by atoms with Gasteiger partial charge in [-0.05, 0) is 23.2 Å². The topological polar surface area (TPSA) is 53.0 Å². The third-order valence-electron chi connectivity index (χ3n) is 1.19. The Hall–Kier alpha value is -0.880. The predicted molar refractivity (Wildman–Crippen MR) is 36.4 cm³/mol. The van der Waals surface area contributed by atoms with Gasteiger partial charge in [-0.2, -0.15) is 0 Å². The molecule has 1 aromatic heterocycles. The van der Waals surface area contributed by atoms with E-state index in [9.17, 15) is 17.5 Å². The van der Waals surface area contributed by atoms with Gasteiger partial charge in [0.05, 0.1) is 5.56 Å². The molecule has 3 nitrogen and oxygen atoms in total. The van der Waals surface area contributed by atoms with Crippen molar-refractivity contribution in [3.05, 3.63) is 23.9 Å². The van der Waals surface area contributed by atoms with Crippen LogP contribution in [0.15, 0.2) is 23.4 Å². The quantitative estimate of drug-likeness (QED) is 0.663. The van der Waals surface area contributed by atoms with Crippen LogP contribution in [-0.4, -0.2) is 13.7 Å². The van der Waals surface area contributed by atoms with Crippen molar-refractivity contribution in [1.82, 2.24) is 4.98 Å². The summed E-state index contributed by atoms with van der Waals surface area (Å²) in [5.41, 5.74) is -0.564. The lowest BCUT2D eigenvalue weighted by molar-refractivity contribution is 0.147. The molecule has 12 heavy (non-hydrogen) atoms. The summed E-state index contributed by atoms with van der Waals surface area (Å²) in [6.07, 6.45) is -1.66. The lowest BCUT2D eigenvalue weighted by atomic mass is 10.3. The Morgan fingerprint density at radius 2 is 2.25 bits per heavy atom. The average molecular weight is 192 g/mol. The standard InChI is InChI=1S/C6H5F2NO2S/c7-5(8)4-2-1-3-9-6(4)12(10)11/h1-3,5H,(H,10,11)/p-1. The first-order valence-corrected chi connectivity index (χ1v) is 4.02. The lowest BCUT2D eigenvalue weighted by Crippen LogP contribution is -1.99. The van der Waals surface area contributed by atoms with Crippen molar-refractivity contribution in [2.75, 3.05) is 0 Å². The maximum atomic E-state index is 12.1. The fourth-order valence-corrected chi connectivity index (χ4v) is 1.21. The molecule has 0 spiro atoms. The number of nitrogens with zero attached hydrogens (tertiary/aromatic N) is 1. The van der Waals surface area contributed by atoms with Crippen LogP contribution in [0, 0.1) is 0 Å². The summed E-state index contributed by atoms with van der Waals surface area (Å²) >= 11 is -2.70. The Morgan fingerprint density at radius 1 is 1.58 bits per heavy atom. The summed E-state index contributed by atoms with van der Waals surface area (Å²) in [4.78, 5) is 3.31. The van der Waals surface area contributed by atoms with Crippen LogP contribution in [0.4, 0.5) is 8.78 Å². The molecule has 1 rings (SSSR count). The van der Waals surface area contributed by atoms with Gasteiger partial charge in [-0.15, -0.1) is 0 Å². The van der Waals surface area contributed by atoms with Crippen LogP contribution in [0.5, 0.6) is 0 Å². The zero-order valence-corrected chi connectivity index (χ0v) is 6.55. The summed E-state index contributed by atoms with van der Waals surface area (Å²) in [7, 11) is 0. The Bertz CT molecular complexity index is 305. The molecule has 0 fully saturated rings. The number of hydrogen-bond acceptors (Lipinski definition) is 3. The number of pyridine rings is 1. The average Bonchev–Trinajstić information content (AvgIpc) is 2.04. The number of hydrogen-bond donors (Lipinski definition) is 0. The first kappa shape index (κ1) is 9.21. The zero-order valence-electron chi connectivity index (χ0n) is 5.74. The van der Waals surface area contributed by atoms with Crippen LogP contribution < -0.4 is 0 Å². The van der Waals surface area contributed by atoms with E-state index in [0.717, 1.165) is 12.3 Å². The van der Waals surface area contributed by atoms with E-state index < -0.39 is 28.1 Å². The first-order valence-electron chi connectivity index (χ1n) is 2.95. The highest BCUT2D eigenvalue weighted by molar-refractivity contribution is 7.79. The monoisotopic (exact) mass is 192 g/mol. The molecule has 1 atom stereocenters. The molecule has 0 radical (unpaired) electrons. The van der Waals surface area contributed by atoms with E-state index in [1.807, 2.05) is 0 Å². The van der Waals surface area contributed by atoms with Crippen molar-refractivity contribution < 1.29 is 17.5 Å². The normalized spacial score (nSPS) is 13.3. The molecular weight excluding hydrogens is 188 g/mol. The van der Waals surface area contributed by atoms with Gasteiger partial charge in [-0.1, -0.05) is 0 Å². The van der Waals surface area contributed by atoms with E-state index in [4.69, 9.17) is 0 Å². The molecule has 0 aliphatic rings. The molecule has 0 aliphatic heterocycles. The molecule has 6 heteroatoms. The van der Waals surface area contributed by atoms with Gasteiger partial charge >= 0.3 is 0 Å². The summed E-state index contributed by atoms with van der Waals surface area (Å²) in [6.45, 7) is 0. The van der Waals surface area contributed by atoms with Crippen molar-refractivity contribution in [2.24, 2.45) is 0 Å². The number of halogens is 2. The lowest BCUT2D eigenvalue weighted by Gasteiger charge is -2.08. The molecule has 66 valence electrons. The van der Waals surface area contributed by atoms with Crippen LogP contribution in [0.2, 0.25) is 0 Å². The molecule has 0 saturated heterocycles. The van der Waals surface area contributed by atoms with Gasteiger partial charge in [0.1, 0.15) is 5.03 Å². The minimum Gasteiger partial charge on any atom is -0.767 e. The van der Waals surface area contributed by atoms with E-state index in [1.165, 1.54) is 6.07 Å². The van der Waals surface area contributed by atoms with E-state index in [0.29, 0.717) is 0 Å². The Morgan fingerprint density at radius 3 is 2.67 bits per heavy atom. The zero-order chi connectivity index (χ0) is 9.14. The van der Waals surface area contributed by atoms with Crippen molar-refractivity contribution in [3.63, 3.8) is 0 Å². The van der Waals surface area contributed by atoms with Crippen molar-refractivity contribution in [2.45, 2.75) is 11.5 Å². The van der Waals surface area contributed by atoms with E-state index in [1.54, 1.807) is 0 Å². The minimum absolute atomic E-state index is 0.564. The highest BCUT2D eigenvalue weighted by atomic mass is 32.2. The second-order valence-corrected chi connectivity index (χ2v) is 2.79. The maximum Gasteiger partial charge on any atom is 0.266 e. The molecule has 0 bridgehead atoms. The Kier molecular flexibility index (Phi) is 2.83. The molecule has 1 unspecified atom stereocenters. The Balaban J connectivity index is 3.17. The van der Waals surface area contributed by atoms with Gasteiger partial charge in [0.15, 0.2) is 0 Å². The van der Waals surface area contributed by atoms with E-state index in [-0.39, 0.29) is 0 Å². The number of rotatable bonds is 2. The van der Waals surface area contributed by atoms with Crippen LogP contribution in [0.1, 0.15) is 12.0 Å². The highest BCUT2D eigenvalue weighted by Gasteiger charge is 2.13. The van der Waals surface area contributed by atoms with Gasteiger partial charge in [-0.3, -0.25) is 4.21 Å². The third kappa shape index (κ3) is 1.83. The SMILES string of the molecule is O=S([O-])c1ncccc1C(F)F. The van der Waals surface area contributed by atoms with Crippen LogP contribution >= 0.6 is 0 Å². The first-order chi connectivity index (χ1) is 5.63. The molecule has 1 aromatic rings. The molecule has 0 aromatic carbocycles. The largest absolute Gasteiger partial charge is 0.767 e. The van der Waals surface area contributed by atoms with Crippen molar-refractivity contribution in [1.29, 1.82) is 0 Å². The third-order valence-corrected chi connectivity index (χ3v) is 1.85. The fourth-order valence-electron chi connectivity index (χ4n) is 0.709. The Labute approximate surface area is 69.7 Å². The van der Waals surface area contributed by atoms with Crippen LogP contribution in [0.25, 0.3) is 0 Å². The summed E-state index contributed by atoms with van der Waals surface area (Å²) in [5.74, 6) is 0. The van der Waals surface area contributed by atoms with Crippen molar-refractivity contribution in [3.8, 4) is 0 Å². The van der Waals surface area contributed by atoms with Gasteiger partial charge in [0.25, 0.3) is 6.43 Å². The van der Waals surface area contributed by atoms with Gasteiger partial charge < -0.3 is 4.55 Å². The summed E-state index contributed by atoms with van der Waals surface area (Å²) in [5, 5.41) is -0.590. The summed E-state index contributed by atoms with van der Waals surface area (Å²) < 4.78 is 44.8. The van der Waals surface area contributed by atoms with Gasteiger partial charge in [-0.25, -0.2) is 13.8 Å². The van der Waals surface area contributed by atoms with Gasteiger partial charge in [0.2, 0.25) is 0 Å². The molecular formula is C6H4F2NO2S-. The van der Waals surface area contributed by atoms with Crippen LogP contribution in [0.3, 0.4) is 0 Å². The smallest absolute Gasteiger partial charge is 0.266 e. The fraction of sp³-hybridized carbons (Fsp3) is 0.167. The van der Waals surface area contributed by atoms with E-state index >= 15 is 0 Å². The van der Waals surface area contributed by atoms with Crippen molar-refractivity contribution >= 4 is 11.1 Å². The maximum absolute atomic E-state index is 12.1. The second kappa shape index (κ2) is 3.68. The van der Waals surface area contributed by atoms with Gasteiger partial charge in [0, 0.05) is 6.20 Å². The molecule has 0 aliphatic carbocycles. The molecule has 0 amide bonds. The van der Waals surface area contributed by atoms with Crippen LogP contribution in [-0.2, 0) is 11.1 Å². The molecule has 0 N–H and O–H groups in total. The molecule has 0 saturated carbocycles. The molecule has 1 heterocycles. The predicted octanol–water partition coefficient (Wildman–Crippen LogP) is 1.26. The number of alkyl halides is 2.